The molecule has 2 rings (SSSR count). The predicted molar refractivity (Wildman–Crippen MR) is 76.6 cm³/mol. The van der Waals surface area contributed by atoms with Crippen LogP contribution in [-0.4, -0.2) is 29.5 Å². The maximum Gasteiger partial charge on any atom is 0.260 e. The Labute approximate surface area is 119 Å². The fourth-order valence-electron chi connectivity index (χ4n) is 2.69. The summed E-state index contributed by atoms with van der Waals surface area (Å²) in [6.45, 7) is 4.25. The van der Waals surface area contributed by atoms with Crippen molar-refractivity contribution in [2.75, 3.05) is 6.61 Å². The van der Waals surface area contributed by atoms with Crippen LogP contribution in [0.3, 0.4) is 0 Å². The van der Waals surface area contributed by atoms with Gasteiger partial charge < -0.3 is 9.64 Å². The number of carbonyl (C=O) groups is 1. The van der Waals surface area contributed by atoms with Crippen LogP contribution >= 0.6 is 11.6 Å². The number of ether oxygens (including phenoxy) is 1. The van der Waals surface area contributed by atoms with Crippen molar-refractivity contribution in [3.8, 4) is 5.75 Å². The molecule has 1 aliphatic rings. The summed E-state index contributed by atoms with van der Waals surface area (Å²) in [6, 6.07) is 7.81. The van der Waals surface area contributed by atoms with Gasteiger partial charge in [-0.05, 0) is 45.2 Å². The van der Waals surface area contributed by atoms with Crippen LogP contribution < -0.4 is 4.74 Å². The average molecular weight is 282 g/mol. The van der Waals surface area contributed by atoms with E-state index in [2.05, 4.69) is 13.8 Å². The molecule has 1 heterocycles. The van der Waals surface area contributed by atoms with Crippen molar-refractivity contribution in [1.82, 2.24) is 4.90 Å². The minimum atomic E-state index is 0.0413. The van der Waals surface area contributed by atoms with E-state index in [-0.39, 0.29) is 12.5 Å². The summed E-state index contributed by atoms with van der Waals surface area (Å²) < 4.78 is 5.53. The largest absolute Gasteiger partial charge is 0.482 e. The van der Waals surface area contributed by atoms with Crippen LogP contribution in [0.4, 0.5) is 0 Å². The van der Waals surface area contributed by atoms with Crippen molar-refractivity contribution in [3.05, 3.63) is 29.3 Å². The maximum absolute atomic E-state index is 12.3. The van der Waals surface area contributed by atoms with E-state index >= 15 is 0 Å². The van der Waals surface area contributed by atoms with E-state index in [4.69, 9.17) is 16.3 Å². The van der Waals surface area contributed by atoms with E-state index in [0.717, 1.165) is 12.8 Å². The Kier molecular flexibility index (Phi) is 4.70. The lowest BCUT2D eigenvalue weighted by atomic mass is 9.97. The first-order valence-corrected chi connectivity index (χ1v) is 7.16. The molecule has 19 heavy (non-hydrogen) atoms. The molecule has 1 amide bonds. The number of para-hydroxylation sites is 1. The molecular weight excluding hydrogens is 262 g/mol. The average Bonchev–Trinajstić information content (AvgIpc) is 2.37. The highest BCUT2D eigenvalue weighted by atomic mass is 35.5. The van der Waals surface area contributed by atoms with Crippen LogP contribution in [0, 0.1) is 0 Å². The summed E-state index contributed by atoms with van der Waals surface area (Å²) in [7, 11) is 0. The van der Waals surface area contributed by atoms with E-state index in [1.54, 1.807) is 12.1 Å². The lowest BCUT2D eigenvalue weighted by Gasteiger charge is -2.39. The summed E-state index contributed by atoms with van der Waals surface area (Å²) in [5.74, 6) is 0.606. The van der Waals surface area contributed by atoms with Crippen molar-refractivity contribution < 1.29 is 9.53 Å². The van der Waals surface area contributed by atoms with E-state index in [0.29, 0.717) is 22.9 Å². The number of rotatable bonds is 3. The Morgan fingerprint density at radius 1 is 1.32 bits per heavy atom. The molecule has 1 aromatic carbocycles. The second kappa shape index (κ2) is 6.29. The molecule has 0 saturated carbocycles. The van der Waals surface area contributed by atoms with Crippen molar-refractivity contribution >= 4 is 17.5 Å². The molecule has 0 aliphatic carbocycles. The van der Waals surface area contributed by atoms with Gasteiger partial charge in [0.2, 0.25) is 0 Å². The van der Waals surface area contributed by atoms with Gasteiger partial charge in [0.05, 0.1) is 5.02 Å². The topological polar surface area (TPSA) is 29.5 Å². The molecule has 0 spiro atoms. The zero-order valence-electron chi connectivity index (χ0n) is 11.4. The maximum atomic E-state index is 12.3. The number of carbonyl (C=O) groups excluding carboxylic acids is 1. The van der Waals surface area contributed by atoms with Crippen LogP contribution in [-0.2, 0) is 4.79 Å². The summed E-state index contributed by atoms with van der Waals surface area (Å²) in [5, 5.41) is 0.537. The van der Waals surface area contributed by atoms with Gasteiger partial charge in [-0.3, -0.25) is 4.79 Å². The Hall–Kier alpha value is -1.22. The minimum absolute atomic E-state index is 0.0413. The van der Waals surface area contributed by atoms with Crippen LogP contribution in [0.15, 0.2) is 24.3 Å². The van der Waals surface area contributed by atoms with Crippen LogP contribution in [0.5, 0.6) is 5.75 Å². The van der Waals surface area contributed by atoms with E-state index in [9.17, 15) is 4.79 Å². The second-order valence-corrected chi connectivity index (χ2v) is 5.56. The van der Waals surface area contributed by atoms with Gasteiger partial charge in [-0.1, -0.05) is 23.7 Å². The highest BCUT2D eigenvalue weighted by molar-refractivity contribution is 6.32. The Morgan fingerprint density at radius 2 is 1.95 bits per heavy atom. The monoisotopic (exact) mass is 281 g/mol. The first kappa shape index (κ1) is 14.2. The van der Waals surface area contributed by atoms with Crippen LogP contribution in [0.2, 0.25) is 5.02 Å². The van der Waals surface area contributed by atoms with Gasteiger partial charge in [0, 0.05) is 12.1 Å². The first-order valence-electron chi connectivity index (χ1n) is 6.78. The third-order valence-electron chi connectivity index (χ3n) is 3.67. The minimum Gasteiger partial charge on any atom is -0.482 e. The SMILES string of the molecule is C[C@H]1CCC[C@H](C)N1C(=O)COc1ccccc1Cl. The number of amides is 1. The highest BCUT2D eigenvalue weighted by Crippen LogP contribution is 2.25. The lowest BCUT2D eigenvalue weighted by Crippen LogP contribution is -2.49. The first-order chi connectivity index (χ1) is 9.09. The third kappa shape index (κ3) is 3.41. The lowest BCUT2D eigenvalue weighted by molar-refractivity contribution is -0.139. The molecule has 0 bridgehead atoms. The van der Waals surface area contributed by atoms with Crippen molar-refractivity contribution in [1.29, 1.82) is 0 Å². The highest BCUT2D eigenvalue weighted by Gasteiger charge is 2.28. The third-order valence-corrected chi connectivity index (χ3v) is 3.98. The number of likely N-dealkylation sites (tertiary alicyclic amines) is 1. The van der Waals surface area contributed by atoms with Crippen LogP contribution in [0.25, 0.3) is 0 Å². The zero-order chi connectivity index (χ0) is 13.8. The summed E-state index contributed by atoms with van der Waals surface area (Å²) in [6.07, 6.45) is 3.34. The van der Waals surface area contributed by atoms with Gasteiger partial charge in [-0.25, -0.2) is 0 Å². The molecule has 0 radical (unpaired) electrons. The zero-order valence-corrected chi connectivity index (χ0v) is 12.2. The van der Waals surface area contributed by atoms with Gasteiger partial charge in [0.25, 0.3) is 5.91 Å². The quantitative estimate of drug-likeness (QED) is 0.848. The molecule has 0 unspecified atom stereocenters. The molecule has 2 atom stereocenters. The molecule has 1 fully saturated rings. The van der Waals surface area contributed by atoms with Crippen molar-refractivity contribution in [2.45, 2.75) is 45.2 Å². The van der Waals surface area contributed by atoms with E-state index in [1.165, 1.54) is 6.42 Å². The fourth-order valence-corrected chi connectivity index (χ4v) is 2.88. The molecule has 4 heteroatoms. The molecular formula is C15H20ClNO2. The fraction of sp³-hybridized carbons (Fsp3) is 0.533. The van der Waals surface area contributed by atoms with E-state index < -0.39 is 0 Å². The molecule has 0 aromatic heterocycles. The van der Waals surface area contributed by atoms with Gasteiger partial charge in [-0.15, -0.1) is 0 Å². The number of piperidine rings is 1. The predicted octanol–water partition coefficient (Wildman–Crippen LogP) is 3.51. The van der Waals surface area contributed by atoms with Crippen LogP contribution in [0.1, 0.15) is 33.1 Å². The molecule has 0 N–H and O–H groups in total. The molecule has 1 saturated heterocycles. The van der Waals surface area contributed by atoms with Gasteiger partial charge in [0.1, 0.15) is 5.75 Å². The van der Waals surface area contributed by atoms with Gasteiger partial charge in [-0.2, -0.15) is 0 Å². The van der Waals surface area contributed by atoms with Crippen molar-refractivity contribution in [3.63, 3.8) is 0 Å². The summed E-state index contributed by atoms with van der Waals surface area (Å²) >= 11 is 6.00. The van der Waals surface area contributed by atoms with E-state index in [1.807, 2.05) is 17.0 Å². The molecule has 3 nitrogen and oxygen atoms in total. The molecule has 1 aromatic rings. The Bertz CT molecular complexity index is 440. The second-order valence-electron chi connectivity index (χ2n) is 5.15. The Morgan fingerprint density at radius 3 is 2.58 bits per heavy atom. The molecule has 104 valence electrons. The standard InChI is InChI=1S/C15H20ClNO2/c1-11-6-5-7-12(2)17(11)15(18)10-19-14-9-4-3-8-13(14)16/h3-4,8-9,11-12H,5-7,10H2,1-2H3/t11-,12-/m0/s1. The number of nitrogens with zero attached hydrogens (tertiary/aromatic N) is 1. The summed E-state index contributed by atoms with van der Waals surface area (Å²) in [5.41, 5.74) is 0. The number of hydrogen-bond acceptors (Lipinski definition) is 2. The number of benzene rings is 1. The van der Waals surface area contributed by atoms with Gasteiger partial charge in [0.15, 0.2) is 6.61 Å². The Balaban J connectivity index is 1.95. The normalized spacial score (nSPS) is 23.2. The number of hydrogen-bond donors (Lipinski definition) is 0. The van der Waals surface area contributed by atoms with Gasteiger partial charge >= 0.3 is 0 Å². The smallest absolute Gasteiger partial charge is 0.260 e. The van der Waals surface area contributed by atoms with Crippen molar-refractivity contribution in [2.24, 2.45) is 0 Å². The summed E-state index contributed by atoms with van der Waals surface area (Å²) in [4.78, 5) is 14.2. The number of halogens is 1. The molecule has 1 aliphatic heterocycles.